The van der Waals surface area contributed by atoms with Gasteiger partial charge >= 0.3 is 0 Å². The van der Waals surface area contributed by atoms with Crippen molar-refractivity contribution in [3.63, 3.8) is 0 Å². The molecule has 0 aliphatic heterocycles. The fourth-order valence-electron chi connectivity index (χ4n) is 1.60. The minimum absolute atomic E-state index is 0.488. The quantitative estimate of drug-likeness (QED) is 0.715. The lowest BCUT2D eigenvalue weighted by atomic mass is 10.2. The molecule has 5 heteroatoms. The molecule has 84 valence electrons. The van der Waals surface area contributed by atoms with E-state index in [-0.39, 0.29) is 0 Å². The summed E-state index contributed by atoms with van der Waals surface area (Å²) < 4.78 is 5.60. The van der Waals surface area contributed by atoms with Gasteiger partial charge in [0.1, 0.15) is 5.52 Å². The molecule has 0 saturated carbocycles. The maximum absolute atomic E-state index is 5.89. The first-order valence-electron chi connectivity index (χ1n) is 4.99. The Hall–Kier alpha value is -2.07. The van der Waals surface area contributed by atoms with Crippen molar-refractivity contribution >= 4 is 28.4 Å². The molecule has 0 aliphatic carbocycles. The Labute approximate surface area is 102 Å². The van der Waals surface area contributed by atoms with E-state index < -0.39 is 0 Å². The molecule has 0 amide bonds. The monoisotopic (exact) mass is 245 g/mol. The number of nitrogens with zero attached hydrogens (tertiary/aromatic N) is 2. The maximum Gasteiger partial charge on any atom is 0.228 e. The molecule has 0 saturated heterocycles. The molecule has 1 aromatic carbocycles. The van der Waals surface area contributed by atoms with Gasteiger partial charge in [-0.15, -0.1) is 0 Å². The van der Waals surface area contributed by atoms with E-state index in [4.69, 9.17) is 21.8 Å². The first kappa shape index (κ1) is 10.1. The summed E-state index contributed by atoms with van der Waals surface area (Å²) in [6.45, 7) is 0. The topological polar surface area (TPSA) is 64.9 Å². The molecule has 17 heavy (non-hydrogen) atoms. The van der Waals surface area contributed by atoms with Crippen LogP contribution in [0.4, 0.5) is 5.69 Å². The Morgan fingerprint density at radius 2 is 2.06 bits per heavy atom. The first-order chi connectivity index (χ1) is 8.22. The van der Waals surface area contributed by atoms with Gasteiger partial charge in [0.15, 0.2) is 5.58 Å². The van der Waals surface area contributed by atoms with E-state index in [0.717, 1.165) is 11.1 Å². The van der Waals surface area contributed by atoms with Gasteiger partial charge in [-0.1, -0.05) is 11.6 Å². The number of rotatable bonds is 1. The molecule has 3 rings (SSSR count). The van der Waals surface area contributed by atoms with Crippen LogP contribution in [0.2, 0.25) is 5.02 Å². The number of hydrogen-bond donors (Lipinski definition) is 1. The largest absolute Gasteiger partial charge is 0.436 e. The molecule has 0 bridgehead atoms. The number of aromatic nitrogens is 2. The van der Waals surface area contributed by atoms with Crippen LogP contribution < -0.4 is 5.73 Å². The summed E-state index contributed by atoms with van der Waals surface area (Å²) in [5.74, 6) is 0.488. The molecule has 0 spiro atoms. The van der Waals surface area contributed by atoms with E-state index in [1.165, 1.54) is 0 Å². The van der Waals surface area contributed by atoms with Crippen LogP contribution in [0.1, 0.15) is 0 Å². The molecule has 0 unspecified atom stereocenters. The molecular weight excluding hydrogens is 238 g/mol. The van der Waals surface area contributed by atoms with E-state index in [1.54, 1.807) is 36.7 Å². The van der Waals surface area contributed by atoms with Gasteiger partial charge in [-0.3, -0.25) is 4.98 Å². The molecule has 0 aliphatic rings. The lowest BCUT2D eigenvalue weighted by Gasteiger charge is -1.95. The van der Waals surface area contributed by atoms with Gasteiger partial charge in [-0.2, -0.15) is 0 Å². The molecule has 2 heterocycles. The second-order valence-electron chi connectivity index (χ2n) is 3.64. The average molecular weight is 246 g/mol. The van der Waals surface area contributed by atoms with Crippen molar-refractivity contribution in [3.8, 4) is 11.5 Å². The molecule has 0 radical (unpaired) electrons. The number of oxazole rings is 1. The summed E-state index contributed by atoms with van der Waals surface area (Å²) >= 11 is 5.89. The summed E-state index contributed by atoms with van der Waals surface area (Å²) in [7, 11) is 0. The molecule has 0 fully saturated rings. The van der Waals surface area contributed by atoms with E-state index in [0.29, 0.717) is 22.2 Å². The minimum Gasteiger partial charge on any atom is -0.436 e. The van der Waals surface area contributed by atoms with Gasteiger partial charge in [0, 0.05) is 17.4 Å². The zero-order chi connectivity index (χ0) is 11.8. The van der Waals surface area contributed by atoms with E-state index >= 15 is 0 Å². The third-order valence-electron chi connectivity index (χ3n) is 2.36. The molecule has 2 N–H and O–H groups in total. The van der Waals surface area contributed by atoms with E-state index in [9.17, 15) is 0 Å². The number of nitrogens with two attached hydrogens (primary N) is 1. The molecular formula is C12H8ClN3O. The Kier molecular flexibility index (Phi) is 2.23. The molecule has 4 nitrogen and oxygen atoms in total. The van der Waals surface area contributed by atoms with Crippen LogP contribution in [-0.4, -0.2) is 9.97 Å². The number of fused-ring (bicyclic) bond motifs is 1. The summed E-state index contributed by atoms with van der Waals surface area (Å²) in [5, 5.41) is 0.628. The van der Waals surface area contributed by atoms with Crippen LogP contribution in [0.25, 0.3) is 22.6 Å². The van der Waals surface area contributed by atoms with Crippen molar-refractivity contribution in [1.82, 2.24) is 9.97 Å². The Morgan fingerprint density at radius 1 is 1.18 bits per heavy atom. The van der Waals surface area contributed by atoms with Crippen LogP contribution in [0.15, 0.2) is 41.1 Å². The smallest absolute Gasteiger partial charge is 0.228 e. The SMILES string of the molecule is Nc1cncc(-c2nc3cc(Cl)ccc3o2)c1. The predicted molar refractivity (Wildman–Crippen MR) is 66.7 cm³/mol. The highest BCUT2D eigenvalue weighted by Crippen LogP contribution is 2.26. The van der Waals surface area contributed by atoms with Crippen molar-refractivity contribution in [2.45, 2.75) is 0 Å². The second kappa shape index (κ2) is 3.75. The summed E-state index contributed by atoms with van der Waals surface area (Å²) in [6, 6.07) is 7.06. The van der Waals surface area contributed by atoms with Crippen LogP contribution in [0, 0.1) is 0 Å². The number of anilines is 1. The van der Waals surface area contributed by atoms with Crippen molar-refractivity contribution in [3.05, 3.63) is 41.7 Å². The highest BCUT2D eigenvalue weighted by atomic mass is 35.5. The van der Waals surface area contributed by atoms with Crippen molar-refractivity contribution in [1.29, 1.82) is 0 Å². The Morgan fingerprint density at radius 3 is 2.88 bits per heavy atom. The van der Waals surface area contributed by atoms with Crippen LogP contribution in [-0.2, 0) is 0 Å². The molecule has 0 atom stereocenters. The Bertz CT molecular complexity index is 693. The van der Waals surface area contributed by atoms with Gasteiger partial charge in [-0.05, 0) is 24.3 Å². The van der Waals surface area contributed by atoms with Gasteiger partial charge in [0.2, 0.25) is 5.89 Å². The first-order valence-corrected chi connectivity index (χ1v) is 5.37. The predicted octanol–water partition coefficient (Wildman–Crippen LogP) is 3.13. The third-order valence-corrected chi connectivity index (χ3v) is 2.59. The second-order valence-corrected chi connectivity index (χ2v) is 4.07. The van der Waals surface area contributed by atoms with Crippen molar-refractivity contribution in [2.75, 3.05) is 5.73 Å². The number of halogens is 1. The van der Waals surface area contributed by atoms with Gasteiger partial charge in [0.25, 0.3) is 0 Å². The van der Waals surface area contributed by atoms with Crippen molar-refractivity contribution in [2.24, 2.45) is 0 Å². The summed E-state index contributed by atoms with van der Waals surface area (Å²) in [4.78, 5) is 8.34. The average Bonchev–Trinajstić information content (AvgIpc) is 2.72. The third kappa shape index (κ3) is 1.83. The van der Waals surface area contributed by atoms with Crippen LogP contribution >= 0.6 is 11.6 Å². The number of nitrogen functional groups attached to an aromatic ring is 1. The fourth-order valence-corrected chi connectivity index (χ4v) is 1.77. The zero-order valence-electron chi connectivity index (χ0n) is 8.72. The minimum atomic E-state index is 0.488. The van der Waals surface area contributed by atoms with Crippen LogP contribution in [0.5, 0.6) is 0 Å². The van der Waals surface area contributed by atoms with Crippen molar-refractivity contribution < 1.29 is 4.42 Å². The van der Waals surface area contributed by atoms with E-state index in [2.05, 4.69) is 9.97 Å². The number of pyridine rings is 1. The fraction of sp³-hybridized carbons (Fsp3) is 0. The zero-order valence-corrected chi connectivity index (χ0v) is 9.48. The number of benzene rings is 1. The highest BCUT2D eigenvalue weighted by Gasteiger charge is 2.08. The normalized spacial score (nSPS) is 10.9. The lowest BCUT2D eigenvalue weighted by Crippen LogP contribution is -1.87. The summed E-state index contributed by atoms with van der Waals surface area (Å²) in [6.07, 6.45) is 3.23. The van der Waals surface area contributed by atoms with Gasteiger partial charge in [0.05, 0.1) is 11.3 Å². The lowest BCUT2D eigenvalue weighted by molar-refractivity contribution is 0.619. The van der Waals surface area contributed by atoms with E-state index in [1.807, 2.05) is 0 Å². The molecule has 3 aromatic rings. The number of hydrogen-bond acceptors (Lipinski definition) is 4. The maximum atomic E-state index is 5.89. The highest BCUT2D eigenvalue weighted by molar-refractivity contribution is 6.31. The standard InChI is InChI=1S/C12H8ClN3O/c13-8-1-2-11-10(4-8)16-12(17-11)7-3-9(14)6-15-5-7/h1-6H,14H2. The van der Waals surface area contributed by atoms with Gasteiger partial charge < -0.3 is 10.2 Å². The molecule has 2 aromatic heterocycles. The summed E-state index contributed by atoms with van der Waals surface area (Å²) in [5.41, 5.74) is 8.39. The van der Waals surface area contributed by atoms with Gasteiger partial charge in [-0.25, -0.2) is 4.98 Å². The van der Waals surface area contributed by atoms with Crippen LogP contribution in [0.3, 0.4) is 0 Å². The Balaban J connectivity index is 2.18.